The highest BCUT2D eigenvalue weighted by Gasteiger charge is 2.14. The molecule has 0 fully saturated rings. The van der Waals surface area contributed by atoms with Crippen LogP contribution in [0.2, 0.25) is 0 Å². The third-order valence-corrected chi connectivity index (χ3v) is 3.76. The minimum atomic E-state index is 0.153. The van der Waals surface area contributed by atoms with Crippen molar-refractivity contribution >= 4 is 0 Å². The van der Waals surface area contributed by atoms with Crippen LogP contribution in [0.5, 0.6) is 0 Å². The molecule has 0 saturated heterocycles. The number of pyridine rings is 1. The van der Waals surface area contributed by atoms with Crippen molar-refractivity contribution in [1.82, 2.24) is 19.7 Å². The molecule has 0 aliphatic heterocycles. The van der Waals surface area contributed by atoms with E-state index in [1.165, 1.54) is 11.3 Å². The number of aromatic nitrogens is 3. The Balaban J connectivity index is 2.14. The van der Waals surface area contributed by atoms with Crippen molar-refractivity contribution in [1.29, 1.82) is 0 Å². The molecule has 21 heavy (non-hydrogen) atoms. The van der Waals surface area contributed by atoms with E-state index in [2.05, 4.69) is 41.8 Å². The summed E-state index contributed by atoms with van der Waals surface area (Å²) < 4.78 is 2.03. The zero-order valence-electron chi connectivity index (χ0n) is 13.1. The molecule has 0 aliphatic rings. The van der Waals surface area contributed by atoms with Crippen LogP contribution in [0.3, 0.4) is 0 Å². The average molecular weight is 288 g/mol. The molecule has 2 aromatic rings. The summed E-state index contributed by atoms with van der Waals surface area (Å²) in [7, 11) is 0. The Morgan fingerprint density at radius 3 is 2.67 bits per heavy atom. The van der Waals surface area contributed by atoms with Gasteiger partial charge in [0.15, 0.2) is 0 Å². The van der Waals surface area contributed by atoms with Gasteiger partial charge in [-0.2, -0.15) is 5.10 Å². The van der Waals surface area contributed by atoms with Crippen LogP contribution in [0.15, 0.2) is 24.5 Å². The SMILES string of the molecule is CCn1nc(C)c(CN(CCO)Cc2cccnc2)c1C. The van der Waals surface area contributed by atoms with Gasteiger partial charge in [-0.1, -0.05) is 6.07 Å². The first kappa shape index (κ1) is 15.7. The predicted molar refractivity (Wildman–Crippen MR) is 82.8 cm³/mol. The molecule has 0 amide bonds. The zero-order valence-corrected chi connectivity index (χ0v) is 13.1. The van der Waals surface area contributed by atoms with E-state index >= 15 is 0 Å². The van der Waals surface area contributed by atoms with E-state index in [0.717, 1.165) is 30.9 Å². The van der Waals surface area contributed by atoms with E-state index in [0.29, 0.717) is 6.54 Å². The molecule has 0 unspecified atom stereocenters. The summed E-state index contributed by atoms with van der Waals surface area (Å²) in [6.07, 6.45) is 3.65. The Hall–Kier alpha value is -1.72. The molecular formula is C16H24N4O. The average Bonchev–Trinajstić information content (AvgIpc) is 2.76. The molecule has 2 heterocycles. The van der Waals surface area contributed by atoms with Gasteiger partial charge in [-0.25, -0.2) is 0 Å². The standard InChI is InChI=1S/C16H24N4O/c1-4-20-14(3)16(13(2)18-20)12-19(8-9-21)11-15-6-5-7-17-10-15/h5-7,10,21H,4,8-9,11-12H2,1-3H3. The molecule has 1 N–H and O–H groups in total. The van der Waals surface area contributed by atoms with Crippen molar-refractivity contribution in [2.24, 2.45) is 0 Å². The zero-order chi connectivity index (χ0) is 15.2. The highest BCUT2D eigenvalue weighted by Crippen LogP contribution is 2.17. The van der Waals surface area contributed by atoms with Crippen LogP contribution in [0.1, 0.15) is 29.4 Å². The van der Waals surface area contributed by atoms with Crippen LogP contribution < -0.4 is 0 Å². The molecule has 0 saturated carbocycles. The summed E-state index contributed by atoms with van der Waals surface area (Å²) in [6.45, 7) is 9.53. The van der Waals surface area contributed by atoms with Crippen LogP contribution >= 0.6 is 0 Å². The van der Waals surface area contributed by atoms with Gasteiger partial charge in [-0.3, -0.25) is 14.6 Å². The van der Waals surface area contributed by atoms with E-state index in [1.54, 1.807) is 6.20 Å². The summed E-state index contributed by atoms with van der Waals surface area (Å²) in [5.41, 5.74) is 4.70. The van der Waals surface area contributed by atoms with Crippen molar-refractivity contribution in [2.45, 2.75) is 40.4 Å². The van der Waals surface area contributed by atoms with Gasteiger partial charge in [-0.05, 0) is 32.4 Å². The molecule has 0 spiro atoms. The van der Waals surface area contributed by atoms with E-state index in [-0.39, 0.29) is 6.61 Å². The number of hydrogen-bond acceptors (Lipinski definition) is 4. The number of rotatable bonds is 7. The van der Waals surface area contributed by atoms with E-state index in [1.807, 2.05) is 16.9 Å². The van der Waals surface area contributed by atoms with Crippen LogP contribution in [-0.2, 0) is 19.6 Å². The maximum Gasteiger partial charge on any atom is 0.0641 e. The molecule has 0 radical (unpaired) electrons. The first-order chi connectivity index (χ1) is 10.2. The van der Waals surface area contributed by atoms with Crippen LogP contribution in [0.4, 0.5) is 0 Å². The van der Waals surface area contributed by atoms with E-state index in [9.17, 15) is 5.11 Å². The summed E-state index contributed by atoms with van der Waals surface area (Å²) in [6, 6.07) is 4.00. The van der Waals surface area contributed by atoms with E-state index in [4.69, 9.17) is 0 Å². The lowest BCUT2D eigenvalue weighted by Gasteiger charge is -2.21. The highest BCUT2D eigenvalue weighted by atomic mass is 16.3. The third kappa shape index (κ3) is 3.89. The first-order valence-electron chi connectivity index (χ1n) is 7.40. The maximum atomic E-state index is 9.30. The second-order valence-electron chi connectivity index (χ2n) is 5.26. The van der Waals surface area contributed by atoms with Crippen molar-refractivity contribution in [3.05, 3.63) is 47.0 Å². The van der Waals surface area contributed by atoms with Gasteiger partial charge in [0.25, 0.3) is 0 Å². The molecule has 2 rings (SSSR count). The lowest BCUT2D eigenvalue weighted by atomic mass is 10.1. The first-order valence-corrected chi connectivity index (χ1v) is 7.40. The smallest absolute Gasteiger partial charge is 0.0641 e. The van der Waals surface area contributed by atoms with Gasteiger partial charge >= 0.3 is 0 Å². The van der Waals surface area contributed by atoms with Gasteiger partial charge in [0.1, 0.15) is 0 Å². The fourth-order valence-electron chi connectivity index (χ4n) is 2.60. The Labute approximate surface area is 126 Å². The van der Waals surface area contributed by atoms with Gasteiger partial charge < -0.3 is 5.11 Å². The molecular weight excluding hydrogens is 264 g/mol. The van der Waals surface area contributed by atoms with Crippen LogP contribution in [-0.4, -0.2) is 37.9 Å². The van der Waals surface area contributed by atoms with Gasteiger partial charge in [0.05, 0.1) is 12.3 Å². The largest absolute Gasteiger partial charge is 0.395 e. The fraction of sp³-hybridized carbons (Fsp3) is 0.500. The fourth-order valence-corrected chi connectivity index (χ4v) is 2.60. The molecule has 5 heteroatoms. The van der Waals surface area contributed by atoms with Crippen molar-refractivity contribution in [3.8, 4) is 0 Å². The second-order valence-corrected chi connectivity index (χ2v) is 5.26. The van der Waals surface area contributed by atoms with Crippen molar-refractivity contribution in [3.63, 3.8) is 0 Å². The number of aliphatic hydroxyl groups is 1. The quantitative estimate of drug-likeness (QED) is 0.845. The summed E-state index contributed by atoms with van der Waals surface area (Å²) in [5.74, 6) is 0. The second kappa shape index (κ2) is 7.33. The maximum absolute atomic E-state index is 9.30. The molecule has 114 valence electrons. The van der Waals surface area contributed by atoms with Crippen LogP contribution in [0, 0.1) is 13.8 Å². The Kier molecular flexibility index (Phi) is 5.47. The molecule has 2 aromatic heterocycles. The third-order valence-electron chi connectivity index (χ3n) is 3.76. The lowest BCUT2D eigenvalue weighted by Crippen LogP contribution is -2.26. The molecule has 0 bridgehead atoms. The summed E-state index contributed by atoms with van der Waals surface area (Å²) in [4.78, 5) is 6.38. The molecule has 0 aromatic carbocycles. The van der Waals surface area contributed by atoms with Crippen molar-refractivity contribution < 1.29 is 5.11 Å². The Bertz CT molecular complexity index is 565. The van der Waals surface area contributed by atoms with E-state index < -0.39 is 0 Å². The summed E-state index contributed by atoms with van der Waals surface area (Å²) in [5, 5.41) is 13.9. The monoisotopic (exact) mass is 288 g/mol. The minimum Gasteiger partial charge on any atom is -0.395 e. The number of aliphatic hydroxyl groups excluding tert-OH is 1. The predicted octanol–water partition coefficient (Wildman–Crippen LogP) is 1.91. The van der Waals surface area contributed by atoms with Crippen LogP contribution in [0.25, 0.3) is 0 Å². The van der Waals surface area contributed by atoms with Crippen molar-refractivity contribution in [2.75, 3.05) is 13.2 Å². The summed E-state index contributed by atoms with van der Waals surface area (Å²) >= 11 is 0. The lowest BCUT2D eigenvalue weighted by molar-refractivity contribution is 0.183. The highest BCUT2D eigenvalue weighted by molar-refractivity contribution is 5.24. The molecule has 0 aliphatic carbocycles. The molecule has 0 atom stereocenters. The van der Waals surface area contributed by atoms with Gasteiger partial charge in [0, 0.05) is 49.8 Å². The normalized spacial score (nSPS) is 11.3. The number of aryl methyl sites for hydroxylation is 2. The number of hydrogen-bond donors (Lipinski definition) is 1. The van der Waals surface area contributed by atoms with Gasteiger partial charge in [0.2, 0.25) is 0 Å². The Morgan fingerprint density at radius 1 is 1.29 bits per heavy atom. The minimum absolute atomic E-state index is 0.153. The topological polar surface area (TPSA) is 54.2 Å². The Morgan fingerprint density at radius 2 is 2.10 bits per heavy atom. The number of nitrogens with zero attached hydrogens (tertiary/aromatic N) is 4. The van der Waals surface area contributed by atoms with Gasteiger partial charge in [-0.15, -0.1) is 0 Å². The molecule has 5 nitrogen and oxygen atoms in total.